The molecule has 0 bridgehead atoms. The highest BCUT2D eigenvalue weighted by molar-refractivity contribution is 9.10. The third-order valence-electron chi connectivity index (χ3n) is 3.86. The summed E-state index contributed by atoms with van der Waals surface area (Å²) >= 11 is 3.42. The Kier molecular flexibility index (Phi) is 3.11. The first-order chi connectivity index (χ1) is 10.3. The number of imidazole rings is 1. The van der Waals surface area contributed by atoms with Crippen LogP contribution in [0.1, 0.15) is 23.9 Å². The fourth-order valence-electron chi connectivity index (χ4n) is 2.69. The second-order valence-electron chi connectivity index (χ2n) is 5.24. The van der Waals surface area contributed by atoms with Crippen molar-refractivity contribution in [3.63, 3.8) is 0 Å². The molecule has 21 heavy (non-hydrogen) atoms. The smallest absolute Gasteiger partial charge is 0.231 e. The van der Waals surface area contributed by atoms with Crippen LogP contribution in [-0.2, 0) is 13.0 Å². The maximum atomic E-state index is 5.47. The summed E-state index contributed by atoms with van der Waals surface area (Å²) in [6, 6.07) is 7.91. The van der Waals surface area contributed by atoms with Gasteiger partial charge in [0.05, 0.1) is 12.2 Å². The van der Waals surface area contributed by atoms with Gasteiger partial charge in [-0.15, -0.1) is 0 Å². The Labute approximate surface area is 130 Å². The molecule has 5 nitrogen and oxygen atoms in total. The van der Waals surface area contributed by atoms with E-state index in [2.05, 4.69) is 35.6 Å². The van der Waals surface area contributed by atoms with Crippen LogP contribution in [0.4, 0.5) is 0 Å². The molecule has 0 unspecified atom stereocenters. The molecule has 0 N–H and O–H groups in total. The number of aryl methyl sites for hydroxylation is 1. The maximum absolute atomic E-state index is 5.47. The molecule has 0 fully saturated rings. The average molecular weight is 345 g/mol. The van der Waals surface area contributed by atoms with Gasteiger partial charge in [-0.05, 0) is 37.1 Å². The highest BCUT2D eigenvalue weighted by Gasteiger charge is 2.25. The lowest BCUT2D eigenvalue weighted by Gasteiger charge is -2.20. The predicted molar refractivity (Wildman–Crippen MR) is 80.7 cm³/mol. The van der Waals surface area contributed by atoms with Crippen LogP contribution in [0.3, 0.4) is 0 Å². The largest absolute Gasteiger partial charge is 0.339 e. The molecule has 0 radical (unpaired) electrons. The zero-order valence-corrected chi connectivity index (χ0v) is 12.8. The van der Waals surface area contributed by atoms with Gasteiger partial charge in [-0.1, -0.05) is 21.1 Å². The van der Waals surface area contributed by atoms with E-state index in [0.717, 1.165) is 29.4 Å². The van der Waals surface area contributed by atoms with Crippen molar-refractivity contribution < 1.29 is 4.52 Å². The Morgan fingerprint density at radius 3 is 2.95 bits per heavy atom. The molecule has 4 rings (SSSR count). The Morgan fingerprint density at radius 1 is 1.24 bits per heavy atom. The third kappa shape index (κ3) is 2.40. The highest BCUT2D eigenvalue weighted by atomic mass is 79.9. The van der Waals surface area contributed by atoms with Gasteiger partial charge < -0.3 is 9.09 Å². The first-order valence-corrected chi connectivity index (χ1v) is 7.67. The average Bonchev–Trinajstić information content (AvgIpc) is 3.16. The standard InChI is InChI=1S/C15H13BrN4O/c16-12-4-1-10(2-5-12)14-18-15(21-19-14)11-3-6-13-7-17-9-20(13)8-11/h1-2,4-5,7,9,11H,3,6,8H2/t11-/m0/s1. The topological polar surface area (TPSA) is 56.7 Å². The SMILES string of the molecule is Brc1ccc(-c2noc([C@H]3CCc4cncn4C3)n2)cc1. The number of benzene rings is 1. The molecular weight excluding hydrogens is 332 g/mol. The Balaban J connectivity index is 1.59. The predicted octanol–water partition coefficient (Wildman–Crippen LogP) is 3.43. The molecule has 0 saturated carbocycles. The molecule has 0 spiro atoms. The molecule has 0 amide bonds. The van der Waals surface area contributed by atoms with Crippen LogP contribution >= 0.6 is 15.9 Å². The summed E-state index contributed by atoms with van der Waals surface area (Å²) in [5, 5.41) is 4.11. The molecule has 1 atom stereocenters. The van der Waals surface area contributed by atoms with Crippen molar-refractivity contribution in [1.29, 1.82) is 0 Å². The molecule has 1 aromatic carbocycles. The minimum absolute atomic E-state index is 0.267. The van der Waals surface area contributed by atoms with E-state index < -0.39 is 0 Å². The number of aromatic nitrogens is 4. The van der Waals surface area contributed by atoms with E-state index in [9.17, 15) is 0 Å². The molecule has 106 valence electrons. The number of hydrogen-bond acceptors (Lipinski definition) is 4. The lowest BCUT2D eigenvalue weighted by molar-refractivity contribution is 0.318. The third-order valence-corrected chi connectivity index (χ3v) is 4.39. The van der Waals surface area contributed by atoms with Crippen molar-refractivity contribution >= 4 is 15.9 Å². The Hall–Kier alpha value is -1.95. The molecule has 0 aliphatic carbocycles. The molecule has 1 aliphatic heterocycles. The van der Waals surface area contributed by atoms with Crippen LogP contribution < -0.4 is 0 Å². The van der Waals surface area contributed by atoms with Gasteiger partial charge in [0.25, 0.3) is 0 Å². The zero-order chi connectivity index (χ0) is 14.2. The lowest BCUT2D eigenvalue weighted by Crippen LogP contribution is -2.17. The summed E-state index contributed by atoms with van der Waals surface area (Å²) in [5.74, 6) is 1.63. The maximum Gasteiger partial charge on any atom is 0.231 e. The molecule has 3 aromatic rings. The molecule has 1 aliphatic rings. The fraction of sp³-hybridized carbons (Fsp3) is 0.267. The van der Waals surface area contributed by atoms with E-state index >= 15 is 0 Å². The van der Waals surface area contributed by atoms with Crippen molar-refractivity contribution in [3.8, 4) is 11.4 Å². The molecule has 3 heterocycles. The number of halogens is 1. The number of hydrogen-bond donors (Lipinski definition) is 0. The van der Waals surface area contributed by atoms with Gasteiger partial charge in [0.15, 0.2) is 0 Å². The second kappa shape index (κ2) is 5.11. The van der Waals surface area contributed by atoms with E-state index in [0.29, 0.717) is 11.7 Å². The van der Waals surface area contributed by atoms with Crippen molar-refractivity contribution in [3.05, 3.63) is 52.8 Å². The minimum Gasteiger partial charge on any atom is -0.339 e. The van der Waals surface area contributed by atoms with Crippen LogP contribution in [0.2, 0.25) is 0 Å². The first kappa shape index (κ1) is 12.8. The van der Waals surface area contributed by atoms with Gasteiger partial charge >= 0.3 is 0 Å². The van der Waals surface area contributed by atoms with Crippen molar-refractivity contribution in [2.24, 2.45) is 0 Å². The van der Waals surface area contributed by atoms with Gasteiger partial charge in [-0.2, -0.15) is 4.98 Å². The molecule has 2 aromatic heterocycles. The number of nitrogens with zero attached hydrogens (tertiary/aromatic N) is 4. The zero-order valence-electron chi connectivity index (χ0n) is 11.2. The van der Waals surface area contributed by atoms with Crippen molar-refractivity contribution in [2.75, 3.05) is 0 Å². The van der Waals surface area contributed by atoms with E-state index in [1.165, 1.54) is 5.69 Å². The number of rotatable bonds is 2. The highest BCUT2D eigenvalue weighted by Crippen LogP contribution is 2.29. The van der Waals surface area contributed by atoms with Gasteiger partial charge in [0.2, 0.25) is 11.7 Å². The van der Waals surface area contributed by atoms with E-state index in [1.54, 1.807) is 0 Å². The van der Waals surface area contributed by atoms with E-state index in [-0.39, 0.29) is 5.92 Å². The fourth-order valence-corrected chi connectivity index (χ4v) is 2.95. The molecule has 6 heteroatoms. The van der Waals surface area contributed by atoms with Crippen molar-refractivity contribution in [2.45, 2.75) is 25.3 Å². The summed E-state index contributed by atoms with van der Waals surface area (Å²) in [7, 11) is 0. The summed E-state index contributed by atoms with van der Waals surface area (Å²) in [6.07, 6.45) is 5.82. The van der Waals surface area contributed by atoms with Crippen LogP contribution in [0.15, 0.2) is 45.8 Å². The summed E-state index contributed by atoms with van der Waals surface area (Å²) < 4.78 is 8.68. The second-order valence-corrected chi connectivity index (χ2v) is 6.15. The van der Waals surface area contributed by atoms with Gasteiger partial charge in [-0.3, -0.25) is 0 Å². The van der Waals surface area contributed by atoms with Crippen LogP contribution in [0.5, 0.6) is 0 Å². The Morgan fingerprint density at radius 2 is 2.10 bits per heavy atom. The van der Waals surface area contributed by atoms with Gasteiger partial charge in [-0.25, -0.2) is 4.98 Å². The summed E-state index contributed by atoms with van der Waals surface area (Å²) in [6.45, 7) is 0.858. The summed E-state index contributed by atoms with van der Waals surface area (Å²) in [5.41, 5.74) is 2.24. The quantitative estimate of drug-likeness (QED) is 0.714. The number of fused-ring (bicyclic) bond motifs is 1. The molecule has 0 saturated heterocycles. The minimum atomic E-state index is 0.267. The Bertz CT molecular complexity index is 762. The van der Waals surface area contributed by atoms with Crippen LogP contribution in [-0.4, -0.2) is 19.7 Å². The monoisotopic (exact) mass is 344 g/mol. The molecular formula is C15H13BrN4O. The van der Waals surface area contributed by atoms with Crippen LogP contribution in [0, 0.1) is 0 Å². The van der Waals surface area contributed by atoms with E-state index in [1.807, 2.05) is 36.8 Å². The van der Waals surface area contributed by atoms with E-state index in [4.69, 9.17) is 4.52 Å². The first-order valence-electron chi connectivity index (χ1n) is 6.88. The van der Waals surface area contributed by atoms with Crippen LogP contribution in [0.25, 0.3) is 11.4 Å². The summed E-state index contributed by atoms with van der Waals surface area (Å²) in [4.78, 5) is 8.75. The van der Waals surface area contributed by atoms with Crippen molar-refractivity contribution in [1.82, 2.24) is 19.7 Å². The van der Waals surface area contributed by atoms with Gasteiger partial charge in [0.1, 0.15) is 0 Å². The lowest BCUT2D eigenvalue weighted by atomic mass is 9.98. The normalized spacial score (nSPS) is 17.7. The van der Waals surface area contributed by atoms with Gasteiger partial charge in [0, 0.05) is 28.5 Å².